The van der Waals surface area contributed by atoms with E-state index < -0.39 is 0 Å². The number of piperazine rings is 1. The Balaban J connectivity index is 1.21. The van der Waals surface area contributed by atoms with Crippen molar-refractivity contribution in [1.29, 1.82) is 0 Å². The van der Waals surface area contributed by atoms with Gasteiger partial charge in [0.25, 0.3) is 0 Å². The van der Waals surface area contributed by atoms with E-state index in [1.807, 2.05) is 30.3 Å². The molecular weight excluding hydrogens is 434 g/mol. The highest BCUT2D eigenvalue weighted by molar-refractivity contribution is 5.98. The number of nitrogens with zero attached hydrogens (tertiary/aromatic N) is 4. The van der Waals surface area contributed by atoms with Crippen molar-refractivity contribution < 1.29 is 4.79 Å². The number of para-hydroxylation sites is 1. The monoisotopic (exact) mass is 467 g/mol. The number of hydrogen-bond acceptors (Lipinski definition) is 4. The molecule has 1 aromatic heterocycles. The fraction of sp³-hybridized carbons (Fsp3) is 0.310. The van der Waals surface area contributed by atoms with E-state index in [-0.39, 0.29) is 5.91 Å². The summed E-state index contributed by atoms with van der Waals surface area (Å²) in [5.74, 6) is -0.0670. The van der Waals surface area contributed by atoms with Gasteiger partial charge in [0, 0.05) is 62.0 Å². The van der Waals surface area contributed by atoms with E-state index in [9.17, 15) is 4.79 Å². The van der Waals surface area contributed by atoms with Gasteiger partial charge in [-0.15, -0.1) is 0 Å². The molecule has 3 aromatic carbocycles. The summed E-state index contributed by atoms with van der Waals surface area (Å²) in [6.45, 7) is 7.95. The average molecular weight is 468 g/mol. The van der Waals surface area contributed by atoms with Crippen LogP contribution in [0.1, 0.15) is 19.8 Å². The first-order chi connectivity index (χ1) is 17.2. The highest BCUT2D eigenvalue weighted by atomic mass is 16.1. The van der Waals surface area contributed by atoms with Crippen LogP contribution in [0, 0.1) is 0 Å². The summed E-state index contributed by atoms with van der Waals surface area (Å²) in [6.07, 6.45) is 2.23. The van der Waals surface area contributed by atoms with Crippen molar-refractivity contribution in [3.8, 4) is 11.3 Å². The Labute approximate surface area is 207 Å². The van der Waals surface area contributed by atoms with E-state index in [2.05, 4.69) is 68.3 Å². The molecule has 0 spiro atoms. The van der Waals surface area contributed by atoms with E-state index in [0.717, 1.165) is 80.0 Å². The van der Waals surface area contributed by atoms with Crippen molar-refractivity contribution in [2.24, 2.45) is 0 Å². The third-order valence-corrected chi connectivity index (χ3v) is 6.71. The van der Waals surface area contributed by atoms with E-state index in [0.29, 0.717) is 0 Å². The molecule has 6 heteroatoms. The highest BCUT2D eigenvalue weighted by Crippen LogP contribution is 2.30. The number of carbonyl (C=O) groups excluding carboxylic acids is 1. The van der Waals surface area contributed by atoms with Crippen LogP contribution in [0.15, 0.2) is 78.9 Å². The van der Waals surface area contributed by atoms with Gasteiger partial charge in [0.2, 0.25) is 5.91 Å². The van der Waals surface area contributed by atoms with Crippen molar-refractivity contribution in [3.63, 3.8) is 0 Å². The van der Waals surface area contributed by atoms with Gasteiger partial charge in [0.05, 0.1) is 5.52 Å². The molecule has 2 heterocycles. The molecule has 6 nitrogen and oxygen atoms in total. The van der Waals surface area contributed by atoms with Gasteiger partial charge in [-0.1, -0.05) is 48.5 Å². The minimum Gasteiger partial charge on any atom is -0.369 e. The Morgan fingerprint density at radius 2 is 1.54 bits per heavy atom. The molecule has 1 aliphatic heterocycles. The number of aryl methyl sites for hydroxylation is 1. The minimum atomic E-state index is -0.0670. The number of rotatable bonds is 8. The summed E-state index contributed by atoms with van der Waals surface area (Å²) in [6, 6.07) is 27.1. The zero-order valence-electron chi connectivity index (χ0n) is 20.4. The number of amides is 1. The fourth-order valence-corrected chi connectivity index (χ4v) is 4.91. The molecule has 5 rings (SSSR count). The van der Waals surface area contributed by atoms with Crippen molar-refractivity contribution >= 4 is 28.2 Å². The molecule has 35 heavy (non-hydrogen) atoms. The molecule has 1 amide bonds. The standard InChI is InChI=1S/C29H33N5O/c1-23(35)30-25-14-15-28-27(22-25)29(24-10-4-2-5-11-24)31-34(28)17-9-8-16-32-18-20-33(21-19-32)26-12-6-3-7-13-26/h2-7,10-15,22H,8-9,16-21H2,1H3,(H,30,35). The molecule has 1 aliphatic rings. The quantitative estimate of drug-likeness (QED) is 0.359. The number of hydrogen-bond donors (Lipinski definition) is 1. The Kier molecular flexibility index (Phi) is 7.09. The van der Waals surface area contributed by atoms with Crippen LogP contribution in [0.4, 0.5) is 11.4 Å². The second-order valence-electron chi connectivity index (χ2n) is 9.22. The van der Waals surface area contributed by atoms with Gasteiger partial charge in [-0.25, -0.2) is 0 Å². The number of fused-ring (bicyclic) bond motifs is 1. The molecule has 0 bridgehead atoms. The lowest BCUT2D eigenvalue weighted by Gasteiger charge is -2.36. The molecule has 0 atom stereocenters. The summed E-state index contributed by atoms with van der Waals surface area (Å²) in [5.41, 5.74) is 5.29. The smallest absolute Gasteiger partial charge is 0.221 e. The third-order valence-electron chi connectivity index (χ3n) is 6.71. The highest BCUT2D eigenvalue weighted by Gasteiger charge is 2.17. The topological polar surface area (TPSA) is 53.4 Å². The molecule has 0 saturated carbocycles. The van der Waals surface area contributed by atoms with E-state index >= 15 is 0 Å². The summed E-state index contributed by atoms with van der Waals surface area (Å²) in [7, 11) is 0. The van der Waals surface area contributed by atoms with Crippen molar-refractivity contribution in [2.75, 3.05) is 42.9 Å². The molecule has 180 valence electrons. The van der Waals surface area contributed by atoms with Gasteiger partial charge < -0.3 is 10.2 Å². The number of anilines is 2. The molecule has 1 N–H and O–H groups in total. The van der Waals surface area contributed by atoms with Gasteiger partial charge in [0.1, 0.15) is 5.69 Å². The van der Waals surface area contributed by atoms with Gasteiger partial charge in [-0.3, -0.25) is 14.4 Å². The molecule has 0 aliphatic carbocycles. The van der Waals surface area contributed by atoms with Gasteiger partial charge >= 0.3 is 0 Å². The first-order valence-electron chi connectivity index (χ1n) is 12.5. The number of unbranched alkanes of at least 4 members (excludes halogenated alkanes) is 1. The Hall–Kier alpha value is -3.64. The second-order valence-corrected chi connectivity index (χ2v) is 9.22. The molecule has 4 aromatic rings. The lowest BCUT2D eigenvalue weighted by molar-refractivity contribution is -0.114. The largest absolute Gasteiger partial charge is 0.369 e. The molecule has 1 fully saturated rings. The van der Waals surface area contributed by atoms with Crippen LogP contribution in [0.25, 0.3) is 22.2 Å². The third kappa shape index (κ3) is 5.54. The zero-order chi connectivity index (χ0) is 24.0. The summed E-state index contributed by atoms with van der Waals surface area (Å²) < 4.78 is 2.13. The summed E-state index contributed by atoms with van der Waals surface area (Å²) in [4.78, 5) is 16.6. The number of aromatic nitrogens is 2. The SMILES string of the molecule is CC(=O)Nc1ccc2c(c1)c(-c1ccccc1)nn2CCCCN1CCN(c2ccccc2)CC1. The van der Waals surface area contributed by atoms with E-state index in [4.69, 9.17) is 5.10 Å². The van der Waals surface area contributed by atoms with Crippen LogP contribution in [-0.2, 0) is 11.3 Å². The van der Waals surface area contributed by atoms with Crippen LogP contribution in [0.3, 0.4) is 0 Å². The molecule has 0 unspecified atom stereocenters. The lowest BCUT2D eigenvalue weighted by atomic mass is 10.1. The number of carbonyl (C=O) groups is 1. The second kappa shape index (κ2) is 10.7. The first kappa shape index (κ1) is 23.1. The van der Waals surface area contributed by atoms with Crippen LogP contribution >= 0.6 is 0 Å². The van der Waals surface area contributed by atoms with Crippen LogP contribution in [0.2, 0.25) is 0 Å². The van der Waals surface area contributed by atoms with Crippen LogP contribution in [-0.4, -0.2) is 53.3 Å². The van der Waals surface area contributed by atoms with E-state index in [1.165, 1.54) is 12.6 Å². The summed E-state index contributed by atoms with van der Waals surface area (Å²) >= 11 is 0. The maximum absolute atomic E-state index is 11.6. The Morgan fingerprint density at radius 3 is 2.26 bits per heavy atom. The van der Waals surface area contributed by atoms with E-state index in [1.54, 1.807) is 0 Å². The van der Waals surface area contributed by atoms with Crippen molar-refractivity contribution in [3.05, 3.63) is 78.9 Å². The van der Waals surface area contributed by atoms with Crippen LogP contribution in [0.5, 0.6) is 0 Å². The normalized spacial score (nSPS) is 14.4. The van der Waals surface area contributed by atoms with Crippen LogP contribution < -0.4 is 10.2 Å². The maximum Gasteiger partial charge on any atom is 0.221 e. The predicted molar refractivity (Wildman–Crippen MR) is 144 cm³/mol. The van der Waals surface area contributed by atoms with Gasteiger partial charge in [0.15, 0.2) is 0 Å². The lowest BCUT2D eigenvalue weighted by Crippen LogP contribution is -2.46. The number of benzene rings is 3. The van der Waals surface area contributed by atoms with Gasteiger partial charge in [-0.05, 0) is 49.7 Å². The average Bonchev–Trinajstić information content (AvgIpc) is 3.25. The first-order valence-corrected chi connectivity index (χ1v) is 12.5. The molecule has 1 saturated heterocycles. The molecular formula is C29H33N5O. The Bertz CT molecular complexity index is 1260. The zero-order valence-corrected chi connectivity index (χ0v) is 20.4. The summed E-state index contributed by atoms with van der Waals surface area (Å²) in [5, 5.41) is 8.96. The predicted octanol–water partition coefficient (Wildman–Crippen LogP) is 5.26. The minimum absolute atomic E-state index is 0.0670. The Morgan fingerprint density at radius 1 is 0.857 bits per heavy atom. The van der Waals surface area contributed by atoms with Crippen molar-refractivity contribution in [2.45, 2.75) is 26.3 Å². The van der Waals surface area contributed by atoms with Crippen molar-refractivity contribution in [1.82, 2.24) is 14.7 Å². The van der Waals surface area contributed by atoms with Gasteiger partial charge in [-0.2, -0.15) is 5.10 Å². The fourth-order valence-electron chi connectivity index (χ4n) is 4.91. The number of nitrogens with one attached hydrogen (secondary N) is 1. The maximum atomic E-state index is 11.6. The molecule has 0 radical (unpaired) electrons.